The van der Waals surface area contributed by atoms with Crippen molar-refractivity contribution < 1.29 is 9.84 Å². The van der Waals surface area contributed by atoms with E-state index in [1.807, 2.05) is 16.6 Å². The maximum absolute atomic E-state index is 9.78. The third kappa shape index (κ3) is 2.78. The van der Waals surface area contributed by atoms with E-state index in [1.165, 1.54) is 19.3 Å². The Balaban J connectivity index is 1.21. The summed E-state index contributed by atoms with van der Waals surface area (Å²) in [7, 11) is 0. The van der Waals surface area contributed by atoms with Gasteiger partial charge in [-0.15, -0.1) is 15.3 Å². The normalized spacial score (nSPS) is 27.6. The molecule has 2 aromatic rings. The molecule has 0 amide bonds. The van der Waals surface area contributed by atoms with Crippen LogP contribution in [0.1, 0.15) is 31.0 Å². The van der Waals surface area contributed by atoms with Gasteiger partial charge in [0, 0.05) is 31.5 Å². The molecule has 3 fully saturated rings. The molecule has 2 saturated heterocycles. The van der Waals surface area contributed by atoms with Gasteiger partial charge >= 0.3 is 0 Å². The van der Waals surface area contributed by atoms with Crippen molar-refractivity contribution in [3.63, 3.8) is 0 Å². The van der Waals surface area contributed by atoms with Crippen LogP contribution in [-0.2, 0) is 4.74 Å². The number of nitrogens with zero attached hydrogens (tertiary/aromatic N) is 5. The molecule has 8 heteroatoms. The van der Waals surface area contributed by atoms with Crippen molar-refractivity contribution in [1.29, 1.82) is 0 Å². The number of ether oxygens (including phenoxy) is 1. The third-order valence-electron chi connectivity index (χ3n) is 5.74. The highest BCUT2D eigenvalue weighted by molar-refractivity contribution is 5.47. The monoisotopic (exact) mass is 344 g/mol. The van der Waals surface area contributed by atoms with Gasteiger partial charge < -0.3 is 20.1 Å². The number of nitrogens with one attached hydrogen (secondary N) is 1. The zero-order valence-corrected chi connectivity index (χ0v) is 14.2. The Morgan fingerprint density at radius 2 is 2.08 bits per heavy atom. The first-order valence-electron chi connectivity index (χ1n) is 9.24. The minimum absolute atomic E-state index is 0.0746. The van der Waals surface area contributed by atoms with Crippen LogP contribution in [-0.4, -0.2) is 69.9 Å². The first-order valence-corrected chi connectivity index (χ1v) is 9.24. The Morgan fingerprint density at radius 1 is 1.20 bits per heavy atom. The van der Waals surface area contributed by atoms with Crippen LogP contribution >= 0.6 is 0 Å². The summed E-state index contributed by atoms with van der Waals surface area (Å²) in [6.07, 6.45) is 3.29. The van der Waals surface area contributed by atoms with E-state index in [4.69, 9.17) is 9.84 Å². The minimum Gasteiger partial charge on any atom is -0.389 e. The Bertz CT molecular complexity index is 755. The predicted octanol–water partition coefficient (Wildman–Crippen LogP) is 0.177. The molecule has 2 atom stereocenters. The lowest BCUT2D eigenvalue weighted by molar-refractivity contribution is 0.121. The number of hydrogen-bond donors (Lipinski definition) is 2. The fourth-order valence-corrected chi connectivity index (χ4v) is 3.83. The van der Waals surface area contributed by atoms with Crippen LogP contribution in [0.5, 0.6) is 0 Å². The second-order valence-corrected chi connectivity index (χ2v) is 7.54. The summed E-state index contributed by atoms with van der Waals surface area (Å²) in [5.41, 5.74) is 0.833. The quantitative estimate of drug-likeness (QED) is 0.800. The molecule has 2 unspecified atom stereocenters. The van der Waals surface area contributed by atoms with Crippen LogP contribution in [0.2, 0.25) is 0 Å². The molecule has 25 heavy (non-hydrogen) atoms. The van der Waals surface area contributed by atoms with E-state index < -0.39 is 0 Å². The van der Waals surface area contributed by atoms with E-state index in [2.05, 4.69) is 20.4 Å². The van der Waals surface area contributed by atoms with Crippen molar-refractivity contribution in [2.45, 2.75) is 37.3 Å². The lowest BCUT2D eigenvalue weighted by Crippen LogP contribution is -2.53. The number of hydrogen-bond acceptors (Lipinski definition) is 7. The van der Waals surface area contributed by atoms with Gasteiger partial charge in [0.05, 0.1) is 25.4 Å². The molecule has 2 aliphatic heterocycles. The van der Waals surface area contributed by atoms with E-state index >= 15 is 0 Å². The van der Waals surface area contributed by atoms with E-state index in [0.717, 1.165) is 36.9 Å². The maximum atomic E-state index is 9.78. The molecule has 4 heterocycles. The molecule has 0 spiro atoms. The lowest BCUT2D eigenvalue weighted by atomic mass is 9.85. The van der Waals surface area contributed by atoms with Gasteiger partial charge in [-0.1, -0.05) is 6.42 Å². The van der Waals surface area contributed by atoms with Crippen LogP contribution in [0.15, 0.2) is 12.1 Å². The molecule has 3 aliphatic rings. The summed E-state index contributed by atoms with van der Waals surface area (Å²) in [5, 5.41) is 26.6. The molecule has 134 valence electrons. The Hall–Kier alpha value is -1.77. The van der Waals surface area contributed by atoms with Crippen molar-refractivity contribution in [2.24, 2.45) is 5.92 Å². The smallest absolute Gasteiger partial charge is 0.178 e. The number of anilines is 1. The molecule has 0 aromatic carbocycles. The number of fused-ring (bicyclic) bond motifs is 1. The number of aliphatic hydroxyl groups is 1. The number of aromatic nitrogens is 4. The Kier molecular flexibility index (Phi) is 3.83. The fraction of sp³-hybridized carbons (Fsp3) is 0.706. The van der Waals surface area contributed by atoms with Crippen molar-refractivity contribution >= 4 is 11.5 Å². The van der Waals surface area contributed by atoms with Crippen molar-refractivity contribution in [3.8, 4) is 0 Å². The summed E-state index contributed by atoms with van der Waals surface area (Å²) in [6.45, 7) is 3.92. The summed E-state index contributed by atoms with van der Waals surface area (Å²) in [6, 6.07) is 4.12. The van der Waals surface area contributed by atoms with E-state index in [1.54, 1.807) is 0 Å². The standard InChI is InChI=1S/C17H24N6O2/c24-14-10-25-9-13(14)18-6-11-7-22(8-11)16-5-4-15-19-20-17(23(15)21-16)12-2-1-3-12/h4-5,11-14,18,24H,1-3,6-10H2. The van der Waals surface area contributed by atoms with Crippen molar-refractivity contribution in [2.75, 3.05) is 37.7 Å². The highest BCUT2D eigenvalue weighted by atomic mass is 16.5. The number of rotatable bonds is 5. The van der Waals surface area contributed by atoms with Crippen LogP contribution < -0.4 is 10.2 Å². The van der Waals surface area contributed by atoms with Gasteiger partial charge in [0.15, 0.2) is 11.5 Å². The predicted molar refractivity (Wildman–Crippen MR) is 91.7 cm³/mol. The van der Waals surface area contributed by atoms with Gasteiger partial charge in [-0.2, -0.15) is 4.52 Å². The lowest BCUT2D eigenvalue weighted by Gasteiger charge is -2.40. The zero-order chi connectivity index (χ0) is 16.8. The fourth-order valence-electron chi connectivity index (χ4n) is 3.83. The SMILES string of the molecule is OC1COCC1NCC1CN(c2ccc3nnc(C4CCC4)n3n2)C1. The molecule has 0 radical (unpaired) electrons. The molecule has 1 aliphatic carbocycles. The van der Waals surface area contributed by atoms with Gasteiger partial charge in [0.1, 0.15) is 5.82 Å². The summed E-state index contributed by atoms with van der Waals surface area (Å²) in [5.74, 6) is 3.11. The third-order valence-corrected chi connectivity index (χ3v) is 5.74. The molecular formula is C17H24N6O2. The number of aliphatic hydroxyl groups excluding tert-OH is 1. The highest BCUT2D eigenvalue weighted by Gasteiger charge is 2.32. The second kappa shape index (κ2) is 6.19. The molecule has 5 rings (SSSR count). The first kappa shape index (κ1) is 15.5. The van der Waals surface area contributed by atoms with Gasteiger partial charge in [0.2, 0.25) is 0 Å². The highest BCUT2D eigenvalue weighted by Crippen LogP contribution is 2.35. The molecule has 0 bridgehead atoms. The molecule has 2 N–H and O–H groups in total. The Morgan fingerprint density at radius 3 is 2.80 bits per heavy atom. The van der Waals surface area contributed by atoms with Gasteiger partial charge in [0.25, 0.3) is 0 Å². The largest absolute Gasteiger partial charge is 0.389 e. The molecular weight excluding hydrogens is 320 g/mol. The second-order valence-electron chi connectivity index (χ2n) is 7.54. The summed E-state index contributed by atoms with van der Waals surface area (Å²) < 4.78 is 7.20. The minimum atomic E-state index is -0.376. The topological polar surface area (TPSA) is 87.8 Å². The maximum Gasteiger partial charge on any atom is 0.178 e. The van der Waals surface area contributed by atoms with Gasteiger partial charge in [-0.25, -0.2) is 0 Å². The Labute approximate surface area is 146 Å². The summed E-state index contributed by atoms with van der Waals surface area (Å²) >= 11 is 0. The molecule has 8 nitrogen and oxygen atoms in total. The van der Waals surface area contributed by atoms with Crippen LogP contribution in [0.3, 0.4) is 0 Å². The van der Waals surface area contributed by atoms with Gasteiger partial charge in [-0.3, -0.25) is 0 Å². The average Bonchev–Trinajstić information content (AvgIpc) is 3.11. The molecule has 2 aromatic heterocycles. The first-order chi connectivity index (χ1) is 12.3. The van der Waals surface area contributed by atoms with E-state index in [-0.39, 0.29) is 12.1 Å². The van der Waals surface area contributed by atoms with E-state index in [9.17, 15) is 5.11 Å². The van der Waals surface area contributed by atoms with Crippen molar-refractivity contribution in [1.82, 2.24) is 25.1 Å². The molecule has 1 saturated carbocycles. The van der Waals surface area contributed by atoms with E-state index in [0.29, 0.717) is 25.0 Å². The van der Waals surface area contributed by atoms with Crippen LogP contribution in [0.4, 0.5) is 5.82 Å². The van der Waals surface area contributed by atoms with Crippen LogP contribution in [0, 0.1) is 5.92 Å². The van der Waals surface area contributed by atoms with Gasteiger partial charge in [-0.05, 0) is 25.0 Å². The van der Waals surface area contributed by atoms with Crippen LogP contribution in [0.25, 0.3) is 5.65 Å². The van der Waals surface area contributed by atoms with Crippen molar-refractivity contribution in [3.05, 3.63) is 18.0 Å². The average molecular weight is 344 g/mol. The summed E-state index contributed by atoms with van der Waals surface area (Å²) in [4.78, 5) is 2.29. The zero-order valence-electron chi connectivity index (χ0n) is 14.2.